The van der Waals surface area contributed by atoms with E-state index < -0.39 is 171 Å². The number of aliphatic hydroxyl groups excluding tert-OH is 13. The van der Waals surface area contributed by atoms with Crippen molar-refractivity contribution in [2.75, 3.05) is 19.8 Å². The number of allylic oxidation sites excluding steroid dienone is 2. The summed E-state index contributed by atoms with van der Waals surface area (Å²) in [7, 11) is 0. The Bertz CT molecular complexity index is 2300. The number of fused-ring (bicyclic) bond motifs is 1. The molecule has 4 fully saturated rings. The molecule has 7 rings (SSSR count). The third kappa shape index (κ3) is 10.4. The monoisotopic (exact) mass is 986 g/mol. The maximum absolute atomic E-state index is 14.9. The molecule has 0 aliphatic carbocycles. The fourth-order valence-electron chi connectivity index (χ4n) is 8.32. The van der Waals surface area contributed by atoms with Crippen LogP contribution in [0.1, 0.15) is 26.3 Å². The minimum absolute atomic E-state index is 0.00828. The van der Waals surface area contributed by atoms with Gasteiger partial charge in [0.2, 0.25) is 23.8 Å². The first-order valence-electron chi connectivity index (χ1n) is 21.9. The molecular weight excluding hydrogens is 928 g/mol. The molecule has 20 atom stereocenters. The van der Waals surface area contributed by atoms with Gasteiger partial charge in [0.25, 0.3) is 0 Å². The second-order valence-electron chi connectivity index (χ2n) is 17.4. The lowest BCUT2D eigenvalue weighted by Gasteiger charge is -2.45. The summed E-state index contributed by atoms with van der Waals surface area (Å²) in [6.45, 7) is 2.27. The van der Waals surface area contributed by atoms with Crippen LogP contribution in [-0.2, 0) is 34.8 Å². The first kappa shape index (κ1) is 52.6. The summed E-state index contributed by atoms with van der Waals surface area (Å²) in [5.74, 6) is -2.46. The Hall–Kier alpha value is -4.17. The van der Waals surface area contributed by atoms with E-state index in [1.54, 1.807) is 19.9 Å². The van der Waals surface area contributed by atoms with Crippen molar-refractivity contribution in [2.24, 2.45) is 0 Å². The van der Waals surface area contributed by atoms with Crippen molar-refractivity contribution in [1.82, 2.24) is 0 Å². The van der Waals surface area contributed by atoms with Gasteiger partial charge in [0.15, 0.2) is 30.5 Å². The van der Waals surface area contributed by atoms with Crippen LogP contribution in [0.4, 0.5) is 0 Å². The predicted octanol–water partition coefficient (Wildman–Crippen LogP) is -4.59. The van der Waals surface area contributed by atoms with E-state index in [2.05, 4.69) is 0 Å². The van der Waals surface area contributed by atoms with Crippen LogP contribution in [0.2, 0.25) is 0 Å². The molecule has 5 heterocycles. The number of hydrogen-bond acceptors (Lipinski definition) is 25. The number of hydrogen-bond donors (Lipinski definition) is 15. The molecule has 384 valence electrons. The van der Waals surface area contributed by atoms with Crippen LogP contribution in [0.15, 0.2) is 51.2 Å². The SMILES string of the molecule is CC(C)=CCc1c(O[C@@H]2OC(CO)[C@@H](O)[C@H](O)C2O[C@@H]2OC(CO)[C@@H](O)C(O)C2O)cc(O)c2c(=O)c(O[C@@H]3OC(C)[C@H](O)[C@H](O)C3O[C@@H]3OC(CO)[C@@H](O)C(O)C3O)c(-c3ccc(O)cc3)oc12. The zero-order chi connectivity index (χ0) is 50.3. The summed E-state index contributed by atoms with van der Waals surface area (Å²) >= 11 is 0. The van der Waals surface area contributed by atoms with Crippen LogP contribution in [0.25, 0.3) is 22.3 Å². The molecule has 0 bridgehead atoms. The quantitative estimate of drug-likeness (QED) is 0.0676. The Morgan fingerprint density at radius 1 is 0.609 bits per heavy atom. The molecular formula is C44H58O25. The topological polar surface area (TPSA) is 408 Å². The molecule has 0 radical (unpaired) electrons. The molecule has 4 aliphatic heterocycles. The highest BCUT2D eigenvalue weighted by molar-refractivity contribution is 5.91. The van der Waals surface area contributed by atoms with Gasteiger partial charge in [-0.25, -0.2) is 0 Å². The van der Waals surface area contributed by atoms with E-state index in [1.165, 1.54) is 31.2 Å². The number of benzene rings is 2. The van der Waals surface area contributed by atoms with Crippen molar-refractivity contribution >= 4 is 11.0 Å². The normalized spacial score (nSPS) is 38.4. The van der Waals surface area contributed by atoms with E-state index in [4.69, 9.17) is 42.3 Å². The second-order valence-corrected chi connectivity index (χ2v) is 17.4. The Morgan fingerprint density at radius 2 is 1.09 bits per heavy atom. The molecule has 0 amide bonds. The number of ether oxygens (including phenoxy) is 8. The van der Waals surface area contributed by atoms with Gasteiger partial charge in [-0.2, -0.15) is 0 Å². The van der Waals surface area contributed by atoms with Crippen LogP contribution in [0.5, 0.6) is 23.0 Å². The molecule has 1 aromatic heterocycles. The fraction of sp³-hybridized carbons (Fsp3) is 0.614. The zero-order valence-electron chi connectivity index (χ0n) is 37.1. The molecule has 0 saturated carbocycles. The lowest BCUT2D eigenvalue weighted by atomic mass is 9.97. The van der Waals surface area contributed by atoms with Crippen molar-refractivity contribution in [1.29, 1.82) is 0 Å². The van der Waals surface area contributed by atoms with Crippen molar-refractivity contribution in [3.8, 4) is 34.3 Å². The van der Waals surface area contributed by atoms with E-state index in [9.17, 15) is 81.4 Å². The number of aromatic hydroxyl groups is 2. The maximum Gasteiger partial charge on any atom is 0.239 e. The Balaban J connectivity index is 1.34. The van der Waals surface area contributed by atoms with Gasteiger partial charge in [0.05, 0.1) is 25.9 Å². The number of phenols is 2. The molecule has 25 heteroatoms. The van der Waals surface area contributed by atoms with Gasteiger partial charge in [-0.3, -0.25) is 4.79 Å². The first-order valence-corrected chi connectivity index (χ1v) is 21.9. The van der Waals surface area contributed by atoms with Gasteiger partial charge in [-0.15, -0.1) is 0 Å². The lowest BCUT2D eigenvalue weighted by molar-refractivity contribution is -0.357. The van der Waals surface area contributed by atoms with E-state index in [0.29, 0.717) is 0 Å². The number of phenolic OH excluding ortho intramolecular Hbond substituents is 2. The standard InChI is InChI=1S/C44H58O25/c1-14(2)4-9-18-20(62-44-40(33(58)28(53)23(13-47)65-44)69-42-35(60)31(56)27(52)22(12-46)64-42)10-19(49)24-29(54)38(36(66-37(18)24)16-5-7-17(48)8-6-16)67-43-39(32(57)25(50)15(3)61-43)68-41-34(59)30(55)26(51)21(11-45)63-41/h4-8,10,15,21-23,25-28,30-35,39-53,55-60H,9,11-13H2,1-3H3/t15?,21?,22?,23?,25-,26+,27+,28+,30?,31?,32-,33-,34?,35?,39?,40?,41-,42-,43-,44+/m0/s1. The molecule has 0 spiro atoms. The molecule has 69 heavy (non-hydrogen) atoms. The van der Waals surface area contributed by atoms with Crippen LogP contribution >= 0.6 is 0 Å². The minimum Gasteiger partial charge on any atom is -0.508 e. The van der Waals surface area contributed by atoms with Gasteiger partial charge in [-0.1, -0.05) is 11.6 Å². The highest BCUT2D eigenvalue weighted by Gasteiger charge is 2.53. The van der Waals surface area contributed by atoms with Gasteiger partial charge in [-0.05, 0) is 51.5 Å². The van der Waals surface area contributed by atoms with Crippen LogP contribution in [0.3, 0.4) is 0 Å². The van der Waals surface area contributed by atoms with Gasteiger partial charge < -0.3 is 119 Å². The van der Waals surface area contributed by atoms with Gasteiger partial charge in [0.1, 0.15) is 108 Å². The average Bonchev–Trinajstić information content (AvgIpc) is 3.32. The van der Waals surface area contributed by atoms with Crippen molar-refractivity contribution in [2.45, 2.75) is 150 Å². The lowest BCUT2D eigenvalue weighted by Crippen LogP contribution is -2.65. The highest BCUT2D eigenvalue weighted by Crippen LogP contribution is 2.43. The first-order chi connectivity index (χ1) is 32.7. The molecule has 2 aromatic carbocycles. The predicted molar refractivity (Wildman–Crippen MR) is 227 cm³/mol. The second kappa shape index (κ2) is 21.7. The summed E-state index contributed by atoms with van der Waals surface area (Å²) in [5.41, 5.74) is -0.652. The van der Waals surface area contributed by atoms with Crippen LogP contribution < -0.4 is 14.9 Å². The summed E-state index contributed by atoms with van der Waals surface area (Å²) in [5, 5.41) is 158. The Labute approximate surface area is 391 Å². The van der Waals surface area contributed by atoms with Crippen molar-refractivity contribution in [3.63, 3.8) is 0 Å². The summed E-state index contributed by atoms with van der Waals surface area (Å²) in [6, 6.07) is 6.09. The van der Waals surface area contributed by atoms with E-state index >= 15 is 0 Å². The third-order valence-corrected chi connectivity index (χ3v) is 12.4. The van der Waals surface area contributed by atoms with Gasteiger partial charge >= 0.3 is 0 Å². The zero-order valence-corrected chi connectivity index (χ0v) is 37.1. The van der Waals surface area contributed by atoms with Crippen LogP contribution in [0, 0.1) is 0 Å². The van der Waals surface area contributed by atoms with E-state index in [0.717, 1.165) is 11.6 Å². The molecule has 25 nitrogen and oxygen atoms in total. The molecule has 4 saturated heterocycles. The summed E-state index contributed by atoms with van der Waals surface area (Å²) < 4.78 is 53.2. The highest BCUT2D eigenvalue weighted by atomic mass is 16.8. The Morgan fingerprint density at radius 3 is 1.59 bits per heavy atom. The third-order valence-electron chi connectivity index (χ3n) is 12.4. The fourth-order valence-corrected chi connectivity index (χ4v) is 8.32. The largest absolute Gasteiger partial charge is 0.508 e. The molecule has 10 unspecified atom stereocenters. The van der Waals surface area contributed by atoms with Crippen LogP contribution in [-0.4, -0.2) is 219 Å². The molecule has 4 aliphatic rings. The van der Waals surface area contributed by atoms with Crippen molar-refractivity contribution < 1.29 is 119 Å². The van der Waals surface area contributed by atoms with Crippen molar-refractivity contribution in [3.05, 3.63) is 57.8 Å². The van der Waals surface area contributed by atoms with Gasteiger partial charge in [0, 0.05) is 17.2 Å². The number of rotatable bonds is 14. The Kier molecular flexibility index (Phi) is 16.5. The average molecular weight is 987 g/mol. The molecule has 3 aromatic rings. The maximum atomic E-state index is 14.9. The minimum atomic E-state index is -1.99. The van der Waals surface area contributed by atoms with E-state index in [-0.39, 0.29) is 34.6 Å². The van der Waals surface area contributed by atoms with E-state index in [1.807, 2.05) is 0 Å². The smallest absolute Gasteiger partial charge is 0.239 e. The molecule has 15 N–H and O–H groups in total. The summed E-state index contributed by atoms with van der Waals surface area (Å²) in [6.07, 6.45) is -34.3. The number of aliphatic hydroxyl groups is 13. The summed E-state index contributed by atoms with van der Waals surface area (Å²) in [4.78, 5) is 14.9.